The van der Waals surface area contributed by atoms with Crippen LogP contribution in [0.5, 0.6) is 0 Å². The van der Waals surface area contributed by atoms with E-state index in [1.54, 1.807) is 0 Å². The number of benzene rings is 6. The van der Waals surface area contributed by atoms with Crippen LogP contribution in [0.25, 0.3) is 39.1 Å². The van der Waals surface area contributed by atoms with Gasteiger partial charge in [-0.15, -0.1) is 0 Å². The topological polar surface area (TPSA) is 24.4 Å². The number of rotatable bonds is 10. The standard InChI is InChI=1S/C37H32N2.C22H24.C6H8/c1-26-13-11-12-18-35(26)36-24-23-34(25-27(36)2)32-21-19-31(20-22-32)29(4)39-37(33-16-9-6-10-17-33)38-28(3)30-14-7-5-8-15-30;1-15-9-11-19(12-10-15)21-13-18(4)22(14-17(21)3)20-8-6-5-7-16(20)2;1-6-4-2-3-5-6/h6-7,9-25,37,39H,4H2,1-3H3;5-13,17H,14H2,1-4H3;2-6H,1H3/b38-28+;;. The van der Waals surface area contributed by atoms with Gasteiger partial charge in [-0.05, 0) is 156 Å². The van der Waals surface area contributed by atoms with Crippen LogP contribution in [0.3, 0.4) is 0 Å². The molecule has 0 bridgehead atoms. The Morgan fingerprint density at radius 1 is 0.612 bits per heavy atom. The summed E-state index contributed by atoms with van der Waals surface area (Å²) >= 11 is 0. The summed E-state index contributed by atoms with van der Waals surface area (Å²) in [5.41, 5.74) is 22.2. The molecular formula is C65H64N2. The maximum atomic E-state index is 5.01. The average molecular weight is 873 g/mol. The second kappa shape index (κ2) is 22.6. The molecule has 0 aromatic heterocycles. The van der Waals surface area contributed by atoms with E-state index in [-0.39, 0.29) is 6.17 Å². The highest BCUT2D eigenvalue weighted by Crippen LogP contribution is 2.40. The summed E-state index contributed by atoms with van der Waals surface area (Å²) in [6.07, 6.45) is 11.7. The highest BCUT2D eigenvalue weighted by molar-refractivity contribution is 5.98. The van der Waals surface area contributed by atoms with Crippen molar-refractivity contribution in [1.29, 1.82) is 0 Å². The highest BCUT2D eigenvalue weighted by atomic mass is 15.1. The van der Waals surface area contributed by atoms with Crippen molar-refractivity contribution in [2.24, 2.45) is 16.8 Å². The third-order valence-corrected chi connectivity index (χ3v) is 12.7. The van der Waals surface area contributed by atoms with E-state index in [0.717, 1.165) is 34.5 Å². The minimum Gasteiger partial charge on any atom is -0.360 e. The lowest BCUT2D eigenvalue weighted by Crippen LogP contribution is -2.19. The van der Waals surface area contributed by atoms with Crippen molar-refractivity contribution in [3.63, 3.8) is 0 Å². The van der Waals surface area contributed by atoms with Gasteiger partial charge in [-0.3, -0.25) is 4.99 Å². The van der Waals surface area contributed by atoms with E-state index < -0.39 is 0 Å². The SMILES string of the molecule is C=C(NC(/N=C(\C)c1cc#ccc1)c1ccccc1)c1ccc(-c2ccc(-c3ccccc3C)c(C)c2)cc1.CC1=C(c2ccccc2C)CC(C)C(c2ccc(C)cc2)=C1.CC1C=CC=C1. The molecule has 0 aliphatic heterocycles. The fourth-order valence-electron chi connectivity index (χ4n) is 8.73. The van der Waals surface area contributed by atoms with Gasteiger partial charge in [-0.2, -0.15) is 0 Å². The maximum absolute atomic E-state index is 5.01. The smallest absolute Gasteiger partial charge is 0.145 e. The first-order valence-corrected chi connectivity index (χ1v) is 23.5. The van der Waals surface area contributed by atoms with E-state index in [1.807, 2.05) is 43.3 Å². The number of nitrogens with one attached hydrogen (secondary N) is 1. The summed E-state index contributed by atoms with van der Waals surface area (Å²) in [5.74, 6) is 1.24. The van der Waals surface area contributed by atoms with Crippen LogP contribution < -0.4 is 5.32 Å². The van der Waals surface area contributed by atoms with Crippen molar-refractivity contribution < 1.29 is 0 Å². The molecule has 2 aliphatic carbocycles. The van der Waals surface area contributed by atoms with Crippen molar-refractivity contribution in [2.75, 3.05) is 0 Å². The molecule has 2 atom stereocenters. The number of aliphatic imine (C=N–C) groups is 1. The Kier molecular flexibility index (Phi) is 16.0. The fraction of sp³-hybridized carbons (Fsp3) is 0.185. The van der Waals surface area contributed by atoms with Gasteiger partial charge in [-0.1, -0.05) is 214 Å². The molecule has 0 saturated carbocycles. The molecule has 1 N–H and O–H groups in total. The van der Waals surface area contributed by atoms with Crippen LogP contribution in [0, 0.1) is 51.7 Å². The first-order chi connectivity index (χ1) is 32.4. The minimum atomic E-state index is -0.265. The molecule has 0 radical (unpaired) electrons. The molecule has 2 unspecified atom stereocenters. The lowest BCUT2D eigenvalue weighted by atomic mass is 9.79. The van der Waals surface area contributed by atoms with Crippen LogP contribution in [-0.4, -0.2) is 5.71 Å². The van der Waals surface area contributed by atoms with Crippen LogP contribution >= 0.6 is 0 Å². The fourth-order valence-corrected chi connectivity index (χ4v) is 8.73. The summed E-state index contributed by atoms with van der Waals surface area (Å²) in [6.45, 7) is 21.8. The molecule has 0 saturated heterocycles. The van der Waals surface area contributed by atoms with E-state index in [0.29, 0.717) is 11.8 Å². The maximum Gasteiger partial charge on any atom is 0.145 e. The zero-order valence-corrected chi connectivity index (χ0v) is 40.6. The van der Waals surface area contributed by atoms with E-state index in [9.17, 15) is 0 Å². The first kappa shape index (κ1) is 47.5. The number of hydrogen-bond donors (Lipinski definition) is 1. The molecule has 0 heterocycles. The van der Waals surface area contributed by atoms with Gasteiger partial charge in [0.1, 0.15) is 6.17 Å². The first-order valence-electron chi connectivity index (χ1n) is 23.5. The van der Waals surface area contributed by atoms with Crippen molar-refractivity contribution in [2.45, 2.75) is 68.0 Å². The Hall–Kier alpha value is -7.47. The van der Waals surface area contributed by atoms with Gasteiger partial charge in [0.2, 0.25) is 0 Å². The van der Waals surface area contributed by atoms with Crippen LogP contribution in [0.2, 0.25) is 0 Å². The zero-order chi connectivity index (χ0) is 47.3. The van der Waals surface area contributed by atoms with E-state index in [1.165, 1.54) is 72.4 Å². The van der Waals surface area contributed by atoms with Crippen molar-refractivity contribution in [3.05, 3.63) is 269 Å². The summed E-state index contributed by atoms with van der Waals surface area (Å²) in [6, 6.07) is 63.4. The van der Waals surface area contributed by atoms with Gasteiger partial charge in [0.25, 0.3) is 0 Å². The van der Waals surface area contributed by atoms with Crippen LogP contribution in [-0.2, 0) is 0 Å². The zero-order valence-electron chi connectivity index (χ0n) is 40.6. The molecule has 7 aromatic rings. The molecule has 334 valence electrons. The molecule has 67 heavy (non-hydrogen) atoms. The van der Waals surface area contributed by atoms with Gasteiger partial charge in [-0.25, -0.2) is 0 Å². The number of aryl methyl sites for hydroxylation is 4. The lowest BCUT2D eigenvalue weighted by Gasteiger charge is -2.26. The Bertz CT molecular complexity index is 2910. The third kappa shape index (κ3) is 12.5. The quantitative estimate of drug-likeness (QED) is 0.136. The van der Waals surface area contributed by atoms with Gasteiger partial charge in [0.05, 0.1) is 0 Å². The monoisotopic (exact) mass is 873 g/mol. The third-order valence-electron chi connectivity index (χ3n) is 12.7. The van der Waals surface area contributed by atoms with E-state index in [2.05, 4.69) is 230 Å². The number of nitrogens with zero attached hydrogens (tertiary/aromatic N) is 1. The largest absolute Gasteiger partial charge is 0.360 e. The normalized spacial score (nSPS) is 14.8. The molecule has 7 aromatic carbocycles. The van der Waals surface area contributed by atoms with Crippen LogP contribution in [0.4, 0.5) is 0 Å². The molecule has 2 heteroatoms. The van der Waals surface area contributed by atoms with Gasteiger partial charge < -0.3 is 5.32 Å². The highest BCUT2D eigenvalue weighted by Gasteiger charge is 2.21. The van der Waals surface area contributed by atoms with Crippen molar-refractivity contribution in [1.82, 2.24) is 5.32 Å². The minimum absolute atomic E-state index is 0.265. The Morgan fingerprint density at radius 3 is 1.81 bits per heavy atom. The molecule has 2 nitrogen and oxygen atoms in total. The van der Waals surface area contributed by atoms with Crippen molar-refractivity contribution >= 4 is 22.6 Å². The summed E-state index contributed by atoms with van der Waals surface area (Å²) < 4.78 is 0. The molecule has 9 rings (SSSR count). The van der Waals surface area contributed by atoms with E-state index >= 15 is 0 Å². The van der Waals surface area contributed by atoms with Gasteiger partial charge in [0.15, 0.2) is 0 Å². The molecule has 0 spiro atoms. The Morgan fingerprint density at radius 2 is 1.21 bits per heavy atom. The number of hydrogen-bond acceptors (Lipinski definition) is 2. The second-order valence-electron chi connectivity index (χ2n) is 18.0. The summed E-state index contributed by atoms with van der Waals surface area (Å²) in [5, 5.41) is 3.55. The van der Waals surface area contributed by atoms with Gasteiger partial charge in [0, 0.05) is 17.0 Å². The predicted molar refractivity (Wildman–Crippen MR) is 289 cm³/mol. The molecule has 2 aliphatic rings. The Labute approximate surface area is 401 Å². The van der Waals surface area contributed by atoms with Crippen LogP contribution in [0.15, 0.2) is 211 Å². The average Bonchev–Trinajstić information content (AvgIpc) is 3.84. The Balaban J connectivity index is 0.000000198. The lowest BCUT2D eigenvalue weighted by molar-refractivity contribution is 0.670. The van der Waals surface area contributed by atoms with Crippen LogP contribution in [0.1, 0.15) is 90.4 Å². The molecule has 0 fully saturated rings. The number of allylic oxidation sites excluding steroid dienone is 8. The summed E-state index contributed by atoms with van der Waals surface area (Å²) in [4.78, 5) is 5.01. The summed E-state index contributed by atoms with van der Waals surface area (Å²) in [7, 11) is 0. The molecular weight excluding hydrogens is 809 g/mol. The van der Waals surface area contributed by atoms with E-state index in [4.69, 9.17) is 4.99 Å². The van der Waals surface area contributed by atoms with Crippen molar-refractivity contribution in [3.8, 4) is 22.3 Å². The molecule has 0 amide bonds. The van der Waals surface area contributed by atoms with Gasteiger partial charge >= 0.3 is 0 Å². The second-order valence-corrected chi connectivity index (χ2v) is 18.0. The predicted octanol–water partition coefficient (Wildman–Crippen LogP) is 17.0.